The van der Waals surface area contributed by atoms with Gasteiger partial charge in [0, 0.05) is 24.6 Å². The molecule has 2 N–H and O–H groups in total. The van der Waals surface area contributed by atoms with Crippen LogP contribution in [0.25, 0.3) is 0 Å². The van der Waals surface area contributed by atoms with Gasteiger partial charge in [-0.3, -0.25) is 9.78 Å². The number of ether oxygens (including phenoxy) is 2. The van der Waals surface area contributed by atoms with E-state index in [1.165, 1.54) is 0 Å². The zero-order valence-electron chi connectivity index (χ0n) is 16.2. The van der Waals surface area contributed by atoms with E-state index in [-0.39, 0.29) is 5.91 Å². The molecule has 0 unspecified atom stereocenters. The molecule has 0 aliphatic rings. The number of carbonyl (C=O) groups excluding carboxylic acids is 1. The van der Waals surface area contributed by atoms with Crippen LogP contribution in [0.2, 0.25) is 0 Å². The summed E-state index contributed by atoms with van der Waals surface area (Å²) in [6.45, 7) is 2.56. The minimum Gasteiger partial charge on any atom is -0.493 e. The number of rotatable bonds is 7. The summed E-state index contributed by atoms with van der Waals surface area (Å²) in [6, 6.07) is 15.2. The van der Waals surface area contributed by atoms with Crippen molar-refractivity contribution in [2.75, 3.05) is 24.9 Å². The Morgan fingerprint density at radius 1 is 0.929 bits per heavy atom. The number of hydrogen-bond acceptors (Lipinski definition) is 5. The molecule has 0 saturated heterocycles. The van der Waals surface area contributed by atoms with Crippen LogP contribution in [0.15, 0.2) is 60.9 Å². The van der Waals surface area contributed by atoms with Gasteiger partial charge in [0.25, 0.3) is 5.91 Å². The lowest BCUT2D eigenvalue weighted by Crippen LogP contribution is -2.12. The van der Waals surface area contributed by atoms with Crippen LogP contribution in [-0.4, -0.2) is 25.1 Å². The number of anilines is 2. The maximum Gasteiger partial charge on any atom is 0.257 e. The molecule has 3 aromatic rings. The van der Waals surface area contributed by atoms with E-state index in [0.717, 1.165) is 22.5 Å². The molecule has 0 aliphatic heterocycles. The molecule has 3 rings (SSSR count). The molecule has 0 radical (unpaired) electrons. The van der Waals surface area contributed by atoms with E-state index in [9.17, 15) is 4.79 Å². The highest BCUT2D eigenvalue weighted by Gasteiger charge is 2.08. The van der Waals surface area contributed by atoms with Crippen LogP contribution in [0.5, 0.6) is 11.5 Å². The monoisotopic (exact) mass is 377 g/mol. The van der Waals surface area contributed by atoms with E-state index in [1.807, 2.05) is 49.4 Å². The average molecular weight is 377 g/mol. The standard InChI is InChI=1S/C22H23N3O3/c1-15-4-7-18(8-5-15)25-22(26)17-11-19(14-23-13-17)24-12-16-6-9-20(27-2)21(10-16)28-3/h4-11,13-14,24H,12H2,1-3H3,(H,25,26). The van der Waals surface area contributed by atoms with Crippen LogP contribution in [0.4, 0.5) is 11.4 Å². The van der Waals surface area contributed by atoms with Crippen molar-refractivity contribution in [2.24, 2.45) is 0 Å². The molecule has 6 heteroatoms. The number of amides is 1. The Kier molecular flexibility index (Phi) is 6.11. The molecular weight excluding hydrogens is 354 g/mol. The second-order valence-electron chi connectivity index (χ2n) is 6.33. The van der Waals surface area contributed by atoms with Gasteiger partial charge in [-0.05, 0) is 42.8 Å². The third-order valence-electron chi connectivity index (χ3n) is 4.25. The Balaban J connectivity index is 1.66. The molecular formula is C22H23N3O3. The van der Waals surface area contributed by atoms with E-state index in [0.29, 0.717) is 23.6 Å². The van der Waals surface area contributed by atoms with Gasteiger partial charge < -0.3 is 20.1 Å². The van der Waals surface area contributed by atoms with Crippen molar-refractivity contribution in [3.05, 3.63) is 77.6 Å². The van der Waals surface area contributed by atoms with Crippen LogP contribution < -0.4 is 20.1 Å². The zero-order valence-corrected chi connectivity index (χ0v) is 16.2. The molecule has 1 heterocycles. The second-order valence-corrected chi connectivity index (χ2v) is 6.33. The van der Waals surface area contributed by atoms with Gasteiger partial charge in [-0.1, -0.05) is 23.8 Å². The third-order valence-corrected chi connectivity index (χ3v) is 4.25. The van der Waals surface area contributed by atoms with Crippen molar-refractivity contribution in [1.29, 1.82) is 0 Å². The molecule has 144 valence electrons. The molecule has 1 aromatic heterocycles. The van der Waals surface area contributed by atoms with Crippen molar-refractivity contribution in [3.8, 4) is 11.5 Å². The van der Waals surface area contributed by atoms with Gasteiger partial charge in [0.05, 0.1) is 25.5 Å². The first-order valence-corrected chi connectivity index (χ1v) is 8.87. The van der Waals surface area contributed by atoms with Crippen molar-refractivity contribution in [2.45, 2.75) is 13.5 Å². The Labute approximate surface area is 164 Å². The summed E-state index contributed by atoms with van der Waals surface area (Å²) < 4.78 is 10.6. The first-order chi connectivity index (χ1) is 13.6. The highest BCUT2D eigenvalue weighted by atomic mass is 16.5. The smallest absolute Gasteiger partial charge is 0.257 e. The number of pyridine rings is 1. The number of aryl methyl sites for hydroxylation is 1. The Hall–Kier alpha value is -3.54. The van der Waals surface area contributed by atoms with Gasteiger partial charge in [-0.2, -0.15) is 0 Å². The summed E-state index contributed by atoms with van der Waals surface area (Å²) >= 11 is 0. The summed E-state index contributed by atoms with van der Waals surface area (Å²) in [6.07, 6.45) is 3.23. The average Bonchev–Trinajstić information content (AvgIpc) is 2.73. The summed E-state index contributed by atoms with van der Waals surface area (Å²) in [5.74, 6) is 1.15. The molecule has 0 saturated carbocycles. The van der Waals surface area contributed by atoms with Gasteiger partial charge >= 0.3 is 0 Å². The molecule has 28 heavy (non-hydrogen) atoms. The molecule has 0 fully saturated rings. The lowest BCUT2D eigenvalue weighted by molar-refractivity contribution is 0.102. The predicted molar refractivity (Wildman–Crippen MR) is 110 cm³/mol. The zero-order chi connectivity index (χ0) is 19.9. The van der Waals surface area contributed by atoms with Crippen LogP contribution in [0.3, 0.4) is 0 Å². The predicted octanol–water partition coefficient (Wildman–Crippen LogP) is 4.27. The van der Waals surface area contributed by atoms with Gasteiger partial charge in [-0.15, -0.1) is 0 Å². The molecule has 1 amide bonds. The summed E-state index contributed by atoms with van der Waals surface area (Å²) in [5.41, 5.74) is 4.15. The van der Waals surface area contributed by atoms with Crippen molar-refractivity contribution >= 4 is 17.3 Å². The summed E-state index contributed by atoms with van der Waals surface area (Å²) in [4.78, 5) is 16.6. The van der Waals surface area contributed by atoms with Crippen molar-refractivity contribution in [1.82, 2.24) is 4.98 Å². The Morgan fingerprint density at radius 2 is 1.68 bits per heavy atom. The van der Waals surface area contributed by atoms with E-state index in [1.54, 1.807) is 32.7 Å². The molecule has 0 atom stereocenters. The quantitative estimate of drug-likeness (QED) is 0.643. The first-order valence-electron chi connectivity index (χ1n) is 8.87. The van der Waals surface area contributed by atoms with E-state index in [4.69, 9.17) is 9.47 Å². The van der Waals surface area contributed by atoms with Gasteiger partial charge in [0.15, 0.2) is 11.5 Å². The number of aromatic nitrogens is 1. The van der Waals surface area contributed by atoms with E-state index >= 15 is 0 Å². The number of methoxy groups -OCH3 is 2. The Morgan fingerprint density at radius 3 is 2.39 bits per heavy atom. The minimum atomic E-state index is -0.203. The highest BCUT2D eigenvalue weighted by Crippen LogP contribution is 2.27. The number of benzene rings is 2. The number of hydrogen-bond donors (Lipinski definition) is 2. The SMILES string of the molecule is COc1ccc(CNc2cncc(C(=O)Nc3ccc(C)cc3)c2)cc1OC. The van der Waals surface area contributed by atoms with Gasteiger partial charge in [0.1, 0.15) is 0 Å². The van der Waals surface area contributed by atoms with Crippen molar-refractivity contribution in [3.63, 3.8) is 0 Å². The molecule has 2 aromatic carbocycles. The summed E-state index contributed by atoms with van der Waals surface area (Å²) in [7, 11) is 3.21. The molecule has 0 bridgehead atoms. The lowest BCUT2D eigenvalue weighted by Gasteiger charge is -2.11. The largest absolute Gasteiger partial charge is 0.493 e. The van der Waals surface area contributed by atoms with E-state index < -0.39 is 0 Å². The normalized spacial score (nSPS) is 10.2. The molecule has 0 spiro atoms. The maximum absolute atomic E-state index is 12.5. The van der Waals surface area contributed by atoms with Crippen LogP contribution >= 0.6 is 0 Å². The van der Waals surface area contributed by atoms with Gasteiger partial charge in [0.2, 0.25) is 0 Å². The van der Waals surface area contributed by atoms with Crippen molar-refractivity contribution < 1.29 is 14.3 Å². The van der Waals surface area contributed by atoms with Crippen LogP contribution in [0, 0.1) is 6.92 Å². The lowest BCUT2D eigenvalue weighted by atomic mass is 10.2. The Bertz CT molecular complexity index is 955. The summed E-state index contributed by atoms with van der Waals surface area (Å²) in [5, 5.41) is 6.15. The van der Waals surface area contributed by atoms with Crippen LogP contribution in [-0.2, 0) is 6.54 Å². The maximum atomic E-state index is 12.5. The molecule has 6 nitrogen and oxygen atoms in total. The van der Waals surface area contributed by atoms with E-state index in [2.05, 4.69) is 15.6 Å². The molecule has 0 aliphatic carbocycles. The second kappa shape index (κ2) is 8.90. The van der Waals surface area contributed by atoms with Crippen LogP contribution in [0.1, 0.15) is 21.5 Å². The highest BCUT2D eigenvalue weighted by molar-refractivity contribution is 6.04. The number of nitrogens with zero attached hydrogens (tertiary/aromatic N) is 1. The number of nitrogens with one attached hydrogen (secondary N) is 2. The third kappa shape index (κ3) is 4.79. The fourth-order valence-corrected chi connectivity index (χ4v) is 2.70. The topological polar surface area (TPSA) is 72.5 Å². The first kappa shape index (κ1) is 19.2. The number of carbonyl (C=O) groups is 1. The fourth-order valence-electron chi connectivity index (χ4n) is 2.70. The fraction of sp³-hybridized carbons (Fsp3) is 0.182. The minimum absolute atomic E-state index is 0.203. The van der Waals surface area contributed by atoms with Gasteiger partial charge in [-0.25, -0.2) is 0 Å².